The molecular weight excluding hydrogens is 252 g/mol. The number of rotatable bonds is 3. The lowest BCUT2D eigenvalue weighted by molar-refractivity contribution is -0.134. The molecule has 108 valence electrons. The van der Waals surface area contributed by atoms with Gasteiger partial charge in [-0.2, -0.15) is 0 Å². The summed E-state index contributed by atoms with van der Waals surface area (Å²) in [6.45, 7) is 2.63. The lowest BCUT2D eigenvalue weighted by Gasteiger charge is -2.23. The van der Waals surface area contributed by atoms with Gasteiger partial charge in [-0.15, -0.1) is 0 Å². The molecule has 0 unspecified atom stereocenters. The van der Waals surface area contributed by atoms with Crippen LogP contribution in [0.25, 0.3) is 0 Å². The minimum Gasteiger partial charge on any atom is -0.366 e. The van der Waals surface area contributed by atoms with Crippen LogP contribution in [0.5, 0.6) is 0 Å². The van der Waals surface area contributed by atoms with E-state index in [-0.39, 0.29) is 12.0 Å². The van der Waals surface area contributed by atoms with E-state index in [0.717, 1.165) is 6.54 Å². The minimum absolute atomic E-state index is 0.0186. The molecule has 0 radical (unpaired) electrons. The second-order valence-electron chi connectivity index (χ2n) is 5.59. The van der Waals surface area contributed by atoms with Crippen molar-refractivity contribution in [3.05, 3.63) is 34.9 Å². The van der Waals surface area contributed by atoms with Gasteiger partial charge in [0.25, 0.3) is 5.91 Å². The SMILES string of the molecule is O=C(NCc1ccc2c(c1)CCCC2)[C@H]1CNCCO1. The first-order valence-corrected chi connectivity index (χ1v) is 7.53. The summed E-state index contributed by atoms with van der Waals surface area (Å²) < 4.78 is 5.44. The van der Waals surface area contributed by atoms with Crippen LogP contribution in [0.2, 0.25) is 0 Å². The molecule has 1 amide bonds. The maximum atomic E-state index is 12.0. The zero-order valence-corrected chi connectivity index (χ0v) is 11.8. The monoisotopic (exact) mass is 274 g/mol. The Labute approximate surface area is 119 Å². The normalized spacial score (nSPS) is 22.1. The molecule has 20 heavy (non-hydrogen) atoms. The summed E-state index contributed by atoms with van der Waals surface area (Å²) in [5.41, 5.74) is 4.12. The van der Waals surface area contributed by atoms with Gasteiger partial charge in [0, 0.05) is 19.6 Å². The van der Waals surface area contributed by atoms with Gasteiger partial charge in [-0.3, -0.25) is 4.79 Å². The first-order valence-electron chi connectivity index (χ1n) is 7.53. The highest BCUT2D eigenvalue weighted by molar-refractivity contribution is 5.81. The molecule has 2 aliphatic rings. The molecule has 4 heteroatoms. The second-order valence-corrected chi connectivity index (χ2v) is 5.59. The third-order valence-electron chi connectivity index (χ3n) is 4.10. The van der Waals surface area contributed by atoms with Gasteiger partial charge < -0.3 is 15.4 Å². The summed E-state index contributed by atoms with van der Waals surface area (Å²) in [5, 5.41) is 6.14. The van der Waals surface area contributed by atoms with Crippen LogP contribution in [0.15, 0.2) is 18.2 Å². The van der Waals surface area contributed by atoms with E-state index in [1.54, 1.807) is 0 Å². The van der Waals surface area contributed by atoms with Crippen molar-refractivity contribution in [2.75, 3.05) is 19.7 Å². The van der Waals surface area contributed by atoms with Crippen LogP contribution in [-0.4, -0.2) is 31.7 Å². The number of morpholine rings is 1. The summed E-state index contributed by atoms with van der Waals surface area (Å²) in [7, 11) is 0. The predicted molar refractivity (Wildman–Crippen MR) is 77.5 cm³/mol. The number of amides is 1. The number of carbonyl (C=O) groups is 1. The van der Waals surface area contributed by atoms with E-state index in [1.165, 1.54) is 42.4 Å². The fourth-order valence-electron chi connectivity index (χ4n) is 2.93. The highest BCUT2D eigenvalue weighted by Gasteiger charge is 2.21. The molecule has 2 N–H and O–H groups in total. The van der Waals surface area contributed by atoms with Gasteiger partial charge in [0.1, 0.15) is 6.10 Å². The van der Waals surface area contributed by atoms with E-state index in [0.29, 0.717) is 19.7 Å². The zero-order valence-electron chi connectivity index (χ0n) is 11.8. The Bertz CT molecular complexity index is 481. The number of nitrogens with one attached hydrogen (secondary N) is 2. The van der Waals surface area contributed by atoms with Crippen molar-refractivity contribution in [1.82, 2.24) is 10.6 Å². The Balaban J connectivity index is 1.56. The number of ether oxygens (including phenoxy) is 1. The molecule has 1 heterocycles. The maximum absolute atomic E-state index is 12.0. The summed E-state index contributed by atoms with van der Waals surface area (Å²) in [6, 6.07) is 6.59. The summed E-state index contributed by atoms with van der Waals surface area (Å²) in [6.07, 6.45) is 4.61. The summed E-state index contributed by atoms with van der Waals surface area (Å²) >= 11 is 0. The smallest absolute Gasteiger partial charge is 0.250 e. The molecule has 1 aliphatic carbocycles. The highest BCUT2D eigenvalue weighted by atomic mass is 16.5. The van der Waals surface area contributed by atoms with Crippen molar-refractivity contribution in [3.63, 3.8) is 0 Å². The van der Waals surface area contributed by atoms with Gasteiger partial charge >= 0.3 is 0 Å². The molecule has 1 aliphatic heterocycles. The summed E-state index contributed by atoms with van der Waals surface area (Å²) in [4.78, 5) is 12.0. The molecule has 0 spiro atoms. The average molecular weight is 274 g/mol. The van der Waals surface area contributed by atoms with Crippen LogP contribution in [0.4, 0.5) is 0 Å². The third kappa shape index (κ3) is 3.19. The number of hydrogen-bond acceptors (Lipinski definition) is 3. The fourth-order valence-corrected chi connectivity index (χ4v) is 2.93. The molecule has 1 aromatic rings. The Morgan fingerprint density at radius 3 is 2.95 bits per heavy atom. The first-order chi connectivity index (χ1) is 9.83. The molecule has 0 bridgehead atoms. The van der Waals surface area contributed by atoms with E-state index in [1.807, 2.05) is 0 Å². The van der Waals surface area contributed by atoms with Crippen molar-refractivity contribution in [1.29, 1.82) is 0 Å². The van der Waals surface area contributed by atoms with Crippen LogP contribution in [0, 0.1) is 0 Å². The number of fused-ring (bicyclic) bond motifs is 1. The molecule has 1 saturated heterocycles. The van der Waals surface area contributed by atoms with E-state index < -0.39 is 0 Å². The Kier molecular flexibility index (Phi) is 4.33. The van der Waals surface area contributed by atoms with Crippen molar-refractivity contribution in [2.24, 2.45) is 0 Å². The molecule has 1 aromatic carbocycles. The predicted octanol–water partition coefficient (Wildman–Crippen LogP) is 1.17. The molecule has 4 nitrogen and oxygen atoms in total. The van der Waals surface area contributed by atoms with E-state index in [4.69, 9.17) is 4.74 Å². The van der Waals surface area contributed by atoms with E-state index in [9.17, 15) is 4.79 Å². The average Bonchev–Trinajstić information content (AvgIpc) is 2.53. The van der Waals surface area contributed by atoms with Crippen molar-refractivity contribution < 1.29 is 9.53 Å². The zero-order chi connectivity index (χ0) is 13.8. The van der Waals surface area contributed by atoms with Gasteiger partial charge in [-0.25, -0.2) is 0 Å². The molecule has 3 rings (SSSR count). The Morgan fingerprint density at radius 1 is 1.30 bits per heavy atom. The largest absolute Gasteiger partial charge is 0.366 e. The number of carbonyl (C=O) groups excluding carboxylic acids is 1. The Morgan fingerprint density at radius 2 is 2.15 bits per heavy atom. The first kappa shape index (κ1) is 13.6. The fraction of sp³-hybridized carbons (Fsp3) is 0.562. The Hall–Kier alpha value is -1.39. The molecule has 0 saturated carbocycles. The van der Waals surface area contributed by atoms with Gasteiger partial charge in [0.15, 0.2) is 0 Å². The van der Waals surface area contributed by atoms with Gasteiger partial charge in [-0.05, 0) is 42.4 Å². The van der Waals surface area contributed by atoms with Crippen molar-refractivity contribution in [2.45, 2.75) is 38.3 Å². The molecule has 1 atom stereocenters. The molecular formula is C16H22N2O2. The maximum Gasteiger partial charge on any atom is 0.250 e. The van der Waals surface area contributed by atoms with E-state index >= 15 is 0 Å². The molecule has 0 aromatic heterocycles. The van der Waals surface area contributed by atoms with Crippen LogP contribution in [0.1, 0.15) is 29.5 Å². The van der Waals surface area contributed by atoms with E-state index in [2.05, 4.69) is 28.8 Å². The second kappa shape index (κ2) is 6.37. The topological polar surface area (TPSA) is 50.4 Å². The van der Waals surface area contributed by atoms with Gasteiger partial charge in [-0.1, -0.05) is 18.2 Å². The lowest BCUT2D eigenvalue weighted by Crippen LogP contribution is -2.47. The van der Waals surface area contributed by atoms with Crippen LogP contribution >= 0.6 is 0 Å². The lowest BCUT2D eigenvalue weighted by atomic mass is 9.90. The number of hydrogen-bond donors (Lipinski definition) is 2. The highest BCUT2D eigenvalue weighted by Crippen LogP contribution is 2.22. The van der Waals surface area contributed by atoms with Crippen molar-refractivity contribution in [3.8, 4) is 0 Å². The minimum atomic E-state index is -0.346. The van der Waals surface area contributed by atoms with Crippen molar-refractivity contribution >= 4 is 5.91 Å². The van der Waals surface area contributed by atoms with Crippen LogP contribution in [-0.2, 0) is 28.9 Å². The molecule has 1 fully saturated rings. The number of benzene rings is 1. The van der Waals surface area contributed by atoms with Crippen LogP contribution in [0.3, 0.4) is 0 Å². The number of aryl methyl sites for hydroxylation is 2. The quantitative estimate of drug-likeness (QED) is 0.870. The summed E-state index contributed by atoms with van der Waals surface area (Å²) in [5.74, 6) is -0.0186. The standard InChI is InChI=1S/C16H22N2O2/c19-16(15-11-17-7-8-20-15)18-10-12-5-6-13-3-1-2-4-14(13)9-12/h5-6,9,15,17H,1-4,7-8,10-11H2,(H,18,19)/t15-/m1/s1. The third-order valence-corrected chi connectivity index (χ3v) is 4.10. The van der Waals surface area contributed by atoms with Crippen LogP contribution < -0.4 is 10.6 Å². The van der Waals surface area contributed by atoms with Gasteiger partial charge in [0.05, 0.1) is 6.61 Å². The van der Waals surface area contributed by atoms with Gasteiger partial charge in [0.2, 0.25) is 0 Å².